The van der Waals surface area contributed by atoms with Crippen molar-refractivity contribution >= 4 is 46.5 Å². The van der Waals surface area contributed by atoms with Crippen molar-refractivity contribution in [2.24, 2.45) is 0 Å². The number of nitrogens with one attached hydrogen (secondary N) is 1. The van der Waals surface area contributed by atoms with Crippen LogP contribution >= 0.6 is 11.8 Å². The summed E-state index contributed by atoms with van der Waals surface area (Å²) in [7, 11) is 0. The number of thioether (sulfide) groups is 1. The zero-order chi connectivity index (χ0) is 22.5. The maximum Gasteiger partial charge on any atom is 0.337 e. The number of aromatic hydroxyl groups is 1. The van der Waals surface area contributed by atoms with Crippen molar-refractivity contribution in [3.63, 3.8) is 0 Å². The number of rotatable bonds is 6. The molecule has 0 atom stereocenters. The smallest absolute Gasteiger partial charge is 0.337 e. The lowest BCUT2D eigenvalue weighted by molar-refractivity contribution is -0.127. The maximum absolute atomic E-state index is 12.6. The lowest BCUT2D eigenvalue weighted by Crippen LogP contribution is -2.36. The van der Waals surface area contributed by atoms with Gasteiger partial charge in [-0.25, -0.2) is 4.79 Å². The zero-order valence-electron chi connectivity index (χ0n) is 16.4. The number of amides is 3. The van der Waals surface area contributed by atoms with E-state index in [1.165, 1.54) is 12.1 Å². The van der Waals surface area contributed by atoms with Crippen molar-refractivity contribution in [1.29, 1.82) is 0 Å². The van der Waals surface area contributed by atoms with Gasteiger partial charge in [0.15, 0.2) is 0 Å². The Morgan fingerprint density at radius 1 is 1.13 bits per heavy atom. The summed E-state index contributed by atoms with van der Waals surface area (Å²) in [5, 5.41) is 20.4. The molecule has 3 rings (SSSR count). The SMILES string of the molecule is CC(/C=C1\SC(=O)N(CC(=O)Nc2ccc(O)cc2C(=O)O)C1=O)=C\c1ccccc1. The van der Waals surface area contributed by atoms with Crippen molar-refractivity contribution in [2.45, 2.75) is 6.92 Å². The molecule has 0 aromatic heterocycles. The minimum Gasteiger partial charge on any atom is -0.508 e. The number of carbonyl (C=O) groups is 4. The molecule has 1 heterocycles. The van der Waals surface area contributed by atoms with Crippen molar-refractivity contribution in [3.05, 3.63) is 76.2 Å². The molecule has 3 N–H and O–H groups in total. The molecular weight excluding hydrogens is 420 g/mol. The van der Waals surface area contributed by atoms with Crippen LogP contribution in [0.15, 0.2) is 65.1 Å². The molecule has 0 aliphatic carbocycles. The number of imide groups is 1. The van der Waals surface area contributed by atoms with E-state index in [0.717, 1.165) is 33.9 Å². The summed E-state index contributed by atoms with van der Waals surface area (Å²) in [6, 6.07) is 12.9. The molecule has 2 aromatic carbocycles. The monoisotopic (exact) mass is 438 g/mol. The number of hydrogen-bond donors (Lipinski definition) is 3. The summed E-state index contributed by atoms with van der Waals surface area (Å²) in [5.74, 6) is -2.96. The van der Waals surface area contributed by atoms with Gasteiger partial charge >= 0.3 is 5.97 Å². The van der Waals surface area contributed by atoms with Crippen molar-refractivity contribution in [3.8, 4) is 5.75 Å². The second-order valence-corrected chi connectivity index (χ2v) is 7.64. The van der Waals surface area contributed by atoms with Gasteiger partial charge in [0.2, 0.25) is 5.91 Å². The van der Waals surface area contributed by atoms with Crippen LogP contribution < -0.4 is 5.32 Å². The van der Waals surface area contributed by atoms with Gasteiger partial charge in [-0.3, -0.25) is 19.3 Å². The third-order valence-corrected chi connectivity index (χ3v) is 5.14. The lowest BCUT2D eigenvalue weighted by atomic mass is 10.1. The van der Waals surface area contributed by atoms with E-state index in [4.69, 9.17) is 0 Å². The average Bonchev–Trinajstić information content (AvgIpc) is 2.97. The predicted molar refractivity (Wildman–Crippen MR) is 117 cm³/mol. The number of phenolic OH excluding ortho intramolecular Hbond substituents is 1. The first kappa shape index (κ1) is 21.8. The molecule has 1 aliphatic heterocycles. The first-order chi connectivity index (χ1) is 14.7. The number of carbonyl (C=O) groups excluding carboxylic acids is 3. The molecule has 1 saturated heterocycles. The van der Waals surface area contributed by atoms with Gasteiger partial charge in [0, 0.05) is 0 Å². The lowest BCUT2D eigenvalue weighted by Gasteiger charge is -2.13. The van der Waals surface area contributed by atoms with Gasteiger partial charge in [0.05, 0.1) is 16.2 Å². The number of carboxylic acid groups (broad SMARTS) is 1. The summed E-state index contributed by atoms with van der Waals surface area (Å²) < 4.78 is 0. The highest BCUT2D eigenvalue weighted by atomic mass is 32.2. The first-order valence-corrected chi connectivity index (χ1v) is 9.91. The van der Waals surface area contributed by atoms with E-state index in [-0.39, 0.29) is 21.9 Å². The molecule has 158 valence electrons. The third kappa shape index (κ3) is 5.40. The molecular formula is C22H18N2O6S. The number of phenols is 1. The quantitative estimate of drug-likeness (QED) is 0.464. The van der Waals surface area contributed by atoms with E-state index in [2.05, 4.69) is 5.32 Å². The fourth-order valence-electron chi connectivity index (χ4n) is 2.85. The Kier molecular flexibility index (Phi) is 6.56. The summed E-state index contributed by atoms with van der Waals surface area (Å²) in [5.41, 5.74) is 1.33. The summed E-state index contributed by atoms with van der Waals surface area (Å²) in [6.45, 7) is 1.23. The highest BCUT2D eigenvalue weighted by Gasteiger charge is 2.36. The number of carboxylic acids is 1. The van der Waals surface area contributed by atoms with Crippen molar-refractivity contribution in [2.75, 3.05) is 11.9 Å². The highest BCUT2D eigenvalue weighted by molar-refractivity contribution is 8.18. The topological polar surface area (TPSA) is 124 Å². The Bertz CT molecular complexity index is 1120. The second-order valence-electron chi connectivity index (χ2n) is 6.65. The highest BCUT2D eigenvalue weighted by Crippen LogP contribution is 2.31. The van der Waals surface area contributed by atoms with Gasteiger partial charge in [-0.1, -0.05) is 36.4 Å². The molecule has 0 saturated carbocycles. The molecule has 0 unspecified atom stereocenters. The number of nitrogens with zero attached hydrogens (tertiary/aromatic N) is 1. The molecule has 1 aliphatic rings. The van der Waals surface area contributed by atoms with Crippen LogP contribution in [0.5, 0.6) is 5.75 Å². The second kappa shape index (κ2) is 9.31. The van der Waals surface area contributed by atoms with E-state index >= 15 is 0 Å². The van der Waals surface area contributed by atoms with E-state index in [1.807, 2.05) is 36.4 Å². The minimum absolute atomic E-state index is 0.0561. The summed E-state index contributed by atoms with van der Waals surface area (Å²) >= 11 is 0.730. The van der Waals surface area contributed by atoms with Gasteiger partial charge in [0.1, 0.15) is 12.3 Å². The molecule has 0 bridgehead atoms. The molecule has 9 heteroatoms. The van der Waals surface area contributed by atoms with Crippen LogP contribution in [0.2, 0.25) is 0 Å². The largest absolute Gasteiger partial charge is 0.508 e. The molecule has 0 radical (unpaired) electrons. The Balaban J connectivity index is 1.71. The van der Waals surface area contributed by atoms with Crippen LogP contribution in [-0.4, -0.2) is 44.7 Å². The Hall–Kier alpha value is -3.85. The van der Waals surface area contributed by atoms with E-state index in [0.29, 0.717) is 0 Å². The van der Waals surface area contributed by atoms with Crippen LogP contribution in [0, 0.1) is 0 Å². The normalized spacial score (nSPS) is 15.5. The number of aromatic carboxylic acids is 1. The maximum atomic E-state index is 12.6. The Labute approximate surface area is 181 Å². The standard InChI is InChI=1S/C22H18N2O6S/c1-13(9-14-5-3-2-4-6-14)10-18-20(27)24(22(30)31-18)12-19(26)23-17-8-7-15(25)11-16(17)21(28)29/h2-11,25H,12H2,1H3,(H,23,26)(H,28,29)/b13-9+,18-10-. The third-order valence-electron chi connectivity index (χ3n) is 4.24. The fraction of sp³-hybridized carbons (Fsp3) is 0.0909. The van der Waals surface area contributed by atoms with E-state index < -0.39 is 29.6 Å². The Morgan fingerprint density at radius 2 is 1.84 bits per heavy atom. The van der Waals surface area contributed by atoms with Crippen LogP contribution in [0.25, 0.3) is 6.08 Å². The van der Waals surface area contributed by atoms with Crippen molar-refractivity contribution in [1.82, 2.24) is 4.90 Å². The molecule has 3 amide bonds. The fourth-order valence-corrected chi connectivity index (χ4v) is 3.74. The molecule has 0 spiro atoms. The van der Waals surface area contributed by atoms with Crippen molar-refractivity contribution < 1.29 is 29.4 Å². The van der Waals surface area contributed by atoms with Crippen LogP contribution in [0.3, 0.4) is 0 Å². The van der Waals surface area contributed by atoms with Gasteiger partial charge in [0.25, 0.3) is 11.1 Å². The zero-order valence-corrected chi connectivity index (χ0v) is 17.2. The number of benzene rings is 2. The first-order valence-electron chi connectivity index (χ1n) is 9.09. The predicted octanol–water partition coefficient (Wildman–Crippen LogP) is 3.71. The van der Waals surface area contributed by atoms with Gasteiger partial charge in [-0.2, -0.15) is 0 Å². The number of hydrogen-bond acceptors (Lipinski definition) is 6. The molecule has 31 heavy (non-hydrogen) atoms. The average molecular weight is 438 g/mol. The van der Waals surface area contributed by atoms with E-state index in [9.17, 15) is 29.4 Å². The van der Waals surface area contributed by atoms with Gasteiger partial charge in [-0.15, -0.1) is 0 Å². The van der Waals surface area contributed by atoms with Crippen LogP contribution in [0.4, 0.5) is 10.5 Å². The van der Waals surface area contributed by atoms with Crippen LogP contribution in [-0.2, 0) is 9.59 Å². The summed E-state index contributed by atoms with van der Waals surface area (Å²) in [6.07, 6.45) is 3.44. The molecule has 2 aromatic rings. The summed E-state index contributed by atoms with van der Waals surface area (Å²) in [4.78, 5) is 49.4. The molecule has 1 fully saturated rings. The van der Waals surface area contributed by atoms with E-state index in [1.54, 1.807) is 13.0 Å². The van der Waals surface area contributed by atoms with Crippen LogP contribution in [0.1, 0.15) is 22.8 Å². The number of allylic oxidation sites excluding steroid dienone is 2. The number of anilines is 1. The Morgan fingerprint density at radius 3 is 2.52 bits per heavy atom. The van der Waals surface area contributed by atoms with Gasteiger partial charge in [-0.05, 0) is 54.1 Å². The minimum atomic E-state index is -1.35. The van der Waals surface area contributed by atoms with Gasteiger partial charge < -0.3 is 15.5 Å². The molecule has 8 nitrogen and oxygen atoms in total.